The van der Waals surface area contributed by atoms with Crippen LogP contribution in [0.15, 0.2) is 61.1 Å². The molecule has 0 spiro atoms. The van der Waals surface area contributed by atoms with E-state index >= 15 is 0 Å². The first-order chi connectivity index (χ1) is 13.0. The lowest BCUT2D eigenvalue weighted by Crippen LogP contribution is -2.51. The number of hydrogen-bond acceptors (Lipinski definition) is 5. The minimum atomic E-state index is -1.65. The molecule has 8 nitrogen and oxygen atoms in total. The third kappa shape index (κ3) is 3.48. The van der Waals surface area contributed by atoms with Crippen molar-refractivity contribution in [2.45, 2.75) is 18.5 Å². The molecule has 1 aliphatic carbocycles. The molecule has 0 bridgehead atoms. The molecule has 136 valence electrons. The molecular weight excluding hydrogens is 346 g/mol. The maximum absolute atomic E-state index is 11.9. The van der Waals surface area contributed by atoms with Crippen molar-refractivity contribution in [2.24, 2.45) is 11.7 Å². The van der Waals surface area contributed by atoms with Gasteiger partial charge in [-0.1, -0.05) is 30.4 Å². The van der Waals surface area contributed by atoms with Crippen molar-refractivity contribution in [3.05, 3.63) is 88.0 Å². The molecular formula is C19H17N5O3. The Balaban J connectivity index is 1.91. The molecule has 0 saturated carbocycles. The van der Waals surface area contributed by atoms with Gasteiger partial charge in [-0.15, -0.1) is 0 Å². The maximum atomic E-state index is 11.9. The number of rotatable bonds is 6. The lowest BCUT2D eigenvalue weighted by atomic mass is 9.77. The molecule has 3 rings (SSSR count). The highest BCUT2D eigenvalue weighted by Crippen LogP contribution is 2.32. The number of nitriles is 1. The Kier molecular flexibility index (Phi) is 4.86. The third-order valence-corrected chi connectivity index (χ3v) is 4.68. The Labute approximate surface area is 155 Å². The van der Waals surface area contributed by atoms with Crippen LogP contribution in [-0.4, -0.2) is 25.9 Å². The Bertz CT molecular complexity index is 968. The second-order valence-electron chi connectivity index (χ2n) is 6.37. The van der Waals surface area contributed by atoms with Crippen LogP contribution in [0.25, 0.3) is 0 Å². The molecule has 8 heteroatoms. The highest BCUT2D eigenvalue weighted by atomic mass is 16.6. The molecule has 0 fully saturated rings. The van der Waals surface area contributed by atoms with Gasteiger partial charge in [-0.2, -0.15) is 5.26 Å². The minimum absolute atomic E-state index is 0.0231. The van der Waals surface area contributed by atoms with E-state index in [2.05, 4.69) is 11.1 Å². The van der Waals surface area contributed by atoms with Crippen LogP contribution in [-0.2, 0) is 17.8 Å². The van der Waals surface area contributed by atoms with E-state index in [-0.39, 0.29) is 6.42 Å². The number of benzene rings is 1. The summed E-state index contributed by atoms with van der Waals surface area (Å²) in [5.74, 6) is -1.79. The summed E-state index contributed by atoms with van der Waals surface area (Å²) in [7, 11) is 0. The second-order valence-corrected chi connectivity index (χ2v) is 6.37. The number of allylic oxidation sites excluding steroid dienone is 2. The van der Waals surface area contributed by atoms with E-state index in [1.807, 2.05) is 12.1 Å². The summed E-state index contributed by atoms with van der Waals surface area (Å²) in [6, 6.07) is 9.12. The molecule has 2 unspecified atom stereocenters. The van der Waals surface area contributed by atoms with Crippen molar-refractivity contribution in [3.8, 4) is 6.07 Å². The molecule has 2 atom stereocenters. The van der Waals surface area contributed by atoms with Crippen molar-refractivity contribution in [2.75, 3.05) is 0 Å². The summed E-state index contributed by atoms with van der Waals surface area (Å²) in [5, 5.41) is 20.8. The highest BCUT2D eigenvalue weighted by molar-refractivity contribution is 5.81. The average Bonchev–Trinajstić information content (AvgIpc) is 3.09. The van der Waals surface area contributed by atoms with Gasteiger partial charge in [-0.05, 0) is 23.8 Å². The fraction of sp³-hybridized carbons (Fsp3) is 0.211. The number of amides is 1. The average molecular weight is 363 g/mol. The summed E-state index contributed by atoms with van der Waals surface area (Å²) < 4.78 is 1.79. The van der Waals surface area contributed by atoms with Crippen molar-refractivity contribution < 1.29 is 9.72 Å². The zero-order valence-electron chi connectivity index (χ0n) is 14.4. The summed E-state index contributed by atoms with van der Waals surface area (Å²) in [6.07, 6.45) is 9.15. The Morgan fingerprint density at radius 3 is 2.74 bits per heavy atom. The second kappa shape index (κ2) is 7.25. The summed E-state index contributed by atoms with van der Waals surface area (Å²) >= 11 is 0. The Morgan fingerprint density at radius 1 is 1.37 bits per heavy atom. The number of aromatic nitrogens is 2. The highest BCUT2D eigenvalue weighted by Gasteiger charge is 2.51. The van der Waals surface area contributed by atoms with Crippen LogP contribution in [0.4, 0.5) is 0 Å². The molecule has 27 heavy (non-hydrogen) atoms. The monoisotopic (exact) mass is 363 g/mol. The first-order valence-corrected chi connectivity index (χ1v) is 8.24. The Morgan fingerprint density at radius 2 is 2.11 bits per heavy atom. The van der Waals surface area contributed by atoms with Gasteiger partial charge in [-0.3, -0.25) is 14.9 Å². The topological polar surface area (TPSA) is 128 Å². The van der Waals surface area contributed by atoms with Crippen LogP contribution in [0.2, 0.25) is 0 Å². The number of carbonyl (C=O) groups excluding carboxylic acids is 1. The molecule has 0 saturated heterocycles. The van der Waals surface area contributed by atoms with Gasteiger partial charge in [0.05, 0.1) is 24.4 Å². The van der Waals surface area contributed by atoms with Gasteiger partial charge in [0.2, 0.25) is 5.91 Å². The number of nitro groups is 1. The standard InChI is InChI=1S/C19H17N5O3/c20-10-14-4-6-15(7-5-14)12-23-13-22-11-16(23)9-19(24(26)27)8-2-1-3-17(19)18(21)25/h1-8,11,13,17H,9,12H2,(H2,21,25). The van der Waals surface area contributed by atoms with E-state index in [9.17, 15) is 14.9 Å². The van der Waals surface area contributed by atoms with Crippen LogP contribution in [0, 0.1) is 27.4 Å². The summed E-state index contributed by atoms with van der Waals surface area (Å²) in [5.41, 5.74) is 5.87. The zero-order valence-corrected chi connectivity index (χ0v) is 14.4. The van der Waals surface area contributed by atoms with Crippen molar-refractivity contribution >= 4 is 5.91 Å². The summed E-state index contributed by atoms with van der Waals surface area (Å²) in [4.78, 5) is 27.4. The van der Waals surface area contributed by atoms with E-state index in [1.54, 1.807) is 41.4 Å². The maximum Gasteiger partial charge on any atom is 0.261 e. The van der Waals surface area contributed by atoms with Crippen LogP contribution in [0.5, 0.6) is 0 Å². The lowest BCUT2D eigenvalue weighted by Gasteiger charge is -2.28. The van der Waals surface area contributed by atoms with Gasteiger partial charge >= 0.3 is 0 Å². The van der Waals surface area contributed by atoms with Crippen molar-refractivity contribution in [1.82, 2.24) is 9.55 Å². The number of nitrogens with zero attached hydrogens (tertiary/aromatic N) is 4. The smallest absolute Gasteiger partial charge is 0.261 e. The number of primary amides is 1. The number of carbonyl (C=O) groups is 1. The first-order valence-electron chi connectivity index (χ1n) is 8.24. The lowest BCUT2D eigenvalue weighted by molar-refractivity contribution is -0.560. The Hall–Kier alpha value is -3.73. The van der Waals surface area contributed by atoms with Gasteiger partial charge in [0, 0.05) is 23.4 Å². The molecule has 1 amide bonds. The van der Waals surface area contributed by atoms with Crippen LogP contribution >= 0.6 is 0 Å². The number of imidazole rings is 1. The molecule has 2 aromatic rings. The third-order valence-electron chi connectivity index (χ3n) is 4.68. The van der Waals surface area contributed by atoms with Crippen molar-refractivity contribution in [1.29, 1.82) is 5.26 Å². The molecule has 0 radical (unpaired) electrons. The number of hydrogen-bond donors (Lipinski definition) is 1. The van der Waals surface area contributed by atoms with Crippen LogP contribution < -0.4 is 5.73 Å². The molecule has 1 heterocycles. The summed E-state index contributed by atoms with van der Waals surface area (Å²) in [6.45, 7) is 0.440. The quantitative estimate of drug-likeness (QED) is 0.615. The van der Waals surface area contributed by atoms with Crippen LogP contribution in [0.3, 0.4) is 0 Å². The molecule has 1 aromatic heterocycles. The van der Waals surface area contributed by atoms with Gasteiger partial charge in [0.25, 0.3) is 5.54 Å². The number of nitrogens with two attached hydrogens (primary N) is 1. The fourth-order valence-electron chi connectivity index (χ4n) is 3.23. The van der Waals surface area contributed by atoms with E-state index in [0.29, 0.717) is 17.8 Å². The van der Waals surface area contributed by atoms with Gasteiger partial charge in [-0.25, -0.2) is 4.98 Å². The van der Waals surface area contributed by atoms with Crippen molar-refractivity contribution in [3.63, 3.8) is 0 Å². The van der Waals surface area contributed by atoms with Gasteiger partial charge in [0.1, 0.15) is 5.92 Å². The van der Waals surface area contributed by atoms with E-state index in [1.165, 1.54) is 12.2 Å². The van der Waals surface area contributed by atoms with Crippen LogP contribution in [0.1, 0.15) is 16.8 Å². The molecule has 1 aromatic carbocycles. The SMILES string of the molecule is N#Cc1ccc(Cn2cncc2CC2([N+](=O)[O-])C=CC=CC2C(N)=O)cc1. The van der Waals surface area contributed by atoms with E-state index < -0.39 is 22.3 Å². The van der Waals surface area contributed by atoms with E-state index in [4.69, 9.17) is 11.0 Å². The molecule has 1 aliphatic rings. The fourth-order valence-corrected chi connectivity index (χ4v) is 3.23. The predicted molar refractivity (Wildman–Crippen MR) is 96.9 cm³/mol. The van der Waals surface area contributed by atoms with Gasteiger partial charge in [0.15, 0.2) is 0 Å². The predicted octanol–water partition coefficient (Wildman–Crippen LogP) is 1.59. The minimum Gasteiger partial charge on any atom is -0.369 e. The van der Waals surface area contributed by atoms with Gasteiger partial charge < -0.3 is 10.3 Å². The molecule has 2 N–H and O–H groups in total. The first kappa shape index (κ1) is 18.1. The normalized spacial score (nSPS) is 20.9. The van der Waals surface area contributed by atoms with E-state index in [0.717, 1.165) is 5.56 Å². The largest absolute Gasteiger partial charge is 0.369 e. The molecule has 0 aliphatic heterocycles. The zero-order chi connectivity index (χ0) is 19.4.